The summed E-state index contributed by atoms with van der Waals surface area (Å²) < 4.78 is 5.57. The van der Waals surface area contributed by atoms with Gasteiger partial charge in [-0.15, -0.1) is 0 Å². The lowest BCUT2D eigenvalue weighted by Gasteiger charge is -2.33. The van der Waals surface area contributed by atoms with E-state index >= 15 is 0 Å². The molecule has 162 valence electrons. The van der Waals surface area contributed by atoms with Crippen molar-refractivity contribution in [3.05, 3.63) is 60.2 Å². The topological polar surface area (TPSA) is 100 Å². The Morgan fingerprint density at radius 3 is 2.74 bits per heavy atom. The average molecular weight is 438 g/mol. The Balaban J connectivity index is 1.25. The summed E-state index contributed by atoms with van der Waals surface area (Å²) in [6.45, 7) is 2.14. The van der Waals surface area contributed by atoms with E-state index in [2.05, 4.69) is 15.0 Å². The van der Waals surface area contributed by atoms with Crippen LogP contribution < -0.4 is 16.4 Å². The molecule has 0 bridgehead atoms. The van der Waals surface area contributed by atoms with E-state index in [4.69, 9.17) is 5.73 Å². The van der Waals surface area contributed by atoms with E-state index in [1.54, 1.807) is 4.90 Å². The second kappa shape index (κ2) is 9.89. The molecule has 2 atom stereocenters. The monoisotopic (exact) mass is 437 g/mol. The Morgan fingerprint density at radius 1 is 1.13 bits per heavy atom. The molecular weight excluding hydrogens is 410 g/mol. The largest absolute Gasteiger partial charge is 0.367 e. The molecule has 2 amide bonds. The summed E-state index contributed by atoms with van der Waals surface area (Å²) in [4.78, 5) is 27.2. The van der Waals surface area contributed by atoms with Crippen LogP contribution in [0, 0.1) is 5.92 Å². The van der Waals surface area contributed by atoms with Crippen molar-refractivity contribution < 1.29 is 9.59 Å². The number of carbonyl (C=O) groups is 2. The number of nitrogens with two attached hydrogens (primary N) is 1. The smallest absolute Gasteiger partial charge is 0.244 e. The lowest BCUT2D eigenvalue weighted by Crippen LogP contribution is -2.48. The first kappa shape index (κ1) is 21.3. The highest BCUT2D eigenvalue weighted by atomic mass is 32.1. The summed E-state index contributed by atoms with van der Waals surface area (Å²) >= 11 is 1.46. The molecule has 1 fully saturated rings. The molecule has 7 nitrogen and oxygen atoms in total. The van der Waals surface area contributed by atoms with E-state index in [1.165, 1.54) is 11.5 Å². The number of hydrogen-bond donors (Lipinski definition) is 3. The van der Waals surface area contributed by atoms with Crippen LogP contribution in [0.2, 0.25) is 0 Å². The minimum Gasteiger partial charge on any atom is -0.367 e. The minimum atomic E-state index is -0.694. The van der Waals surface area contributed by atoms with Gasteiger partial charge < -0.3 is 21.3 Å². The number of carbonyl (C=O) groups excluding carboxylic acids is 2. The number of anilines is 1. The van der Waals surface area contributed by atoms with Crippen molar-refractivity contribution >= 4 is 39.3 Å². The number of amides is 2. The number of piperidine rings is 1. The summed E-state index contributed by atoms with van der Waals surface area (Å²) in [6.07, 6.45) is 1.58. The predicted octanol–water partition coefficient (Wildman–Crippen LogP) is 2.76. The zero-order valence-electron chi connectivity index (χ0n) is 17.3. The van der Waals surface area contributed by atoms with Gasteiger partial charge in [0.05, 0.1) is 10.6 Å². The van der Waals surface area contributed by atoms with Gasteiger partial charge in [-0.05, 0) is 42.1 Å². The van der Waals surface area contributed by atoms with Crippen LogP contribution >= 0.6 is 11.5 Å². The Bertz CT molecular complexity index is 1040. The molecule has 1 aliphatic heterocycles. The zero-order valence-corrected chi connectivity index (χ0v) is 18.1. The van der Waals surface area contributed by atoms with Crippen LogP contribution in [0.25, 0.3) is 10.1 Å². The van der Waals surface area contributed by atoms with Crippen LogP contribution in [0.5, 0.6) is 0 Å². The fourth-order valence-corrected chi connectivity index (χ4v) is 4.67. The van der Waals surface area contributed by atoms with Gasteiger partial charge in [-0.1, -0.05) is 42.5 Å². The summed E-state index contributed by atoms with van der Waals surface area (Å²) in [7, 11) is 0. The molecule has 4 rings (SSSR count). The van der Waals surface area contributed by atoms with Gasteiger partial charge >= 0.3 is 0 Å². The first-order valence-electron chi connectivity index (χ1n) is 10.6. The maximum absolute atomic E-state index is 12.8. The van der Waals surface area contributed by atoms with Gasteiger partial charge in [0.25, 0.3) is 0 Å². The molecule has 2 aromatic carbocycles. The van der Waals surface area contributed by atoms with E-state index in [1.807, 2.05) is 54.6 Å². The molecule has 0 aliphatic carbocycles. The van der Waals surface area contributed by atoms with Crippen molar-refractivity contribution in [3.8, 4) is 0 Å². The third-order valence-corrected chi connectivity index (χ3v) is 6.45. The standard InChI is InChI=1S/C23H27N5O2S/c24-20(16-7-2-1-3-8-16)23(30)28-14-6-9-17(15-28)22(29)26-13-12-25-21-18-10-4-5-11-19(18)31-27-21/h1-5,7-8,10-11,17,20H,6,9,12-15,24H2,(H,25,27)(H,26,29)/t17?,20-/m0/s1. The van der Waals surface area contributed by atoms with E-state index < -0.39 is 6.04 Å². The minimum absolute atomic E-state index is 0.0179. The van der Waals surface area contributed by atoms with E-state index in [0.29, 0.717) is 26.2 Å². The highest BCUT2D eigenvalue weighted by Crippen LogP contribution is 2.26. The molecule has 8 heteroatoms. The number of fused-ring (bicyclic) bond motifs is 1. The van der Waals surface area contributed by atoms with Crippen molar-refractivity contribution in [1.82, 2.24) is 14.6 Å². The summed E-state index contributed by atoms with van der Waals surface area (Å²) in [5.74, 6) is 0.497. The molecule has 0 spiro atoms. The molecule has 0 saturated carbocycles. The third-order valence-electron chi connectivity index (χ3n) is 5.62. The van der Waals surface area contributed by atoms with Crippen molar-refractivity contribution in [2.75, 3.05) is 31.5 Å². The number of nitrogens with one attached hydrogen (secondary N) is 2. The van der Waals surface area contributed by atoms with Crippen LogP contribution in [0.3, 0.4) is 0 Å². The van der Waals surface area contributed by atoms with Gasteiger partial charge in [0.1, 0.15) is 11.9 Å². The molecule has 31 heavy (non-hydrogen) atoms. The van der Waals surface area contributed by atoms with Gasteiger partial charge in [-0.25, -0.2) is 0 Å². The van der Waals surface area contributed by atoms with Crippen LogP contribution in [0.1, 0.15) is 24.4 Å². The van der Waals surface area contributed by atoms with Crippen LogP contribution in [-0.2, 0) is 9.59 Å². The SMILES string of the molecule is N[C@H](C(=O)N1CCCC(C(=O)NCCNc2nsc3ccccc23)C1)c1ccccc1. The fraction of sp³-hybridized carbons (Fsp3) is 0.348. The average Bonchev–Trinajstić information content (AvgIpc) is 3.24. The van der Waals surface area contributed by atoms with E-state index in [0.717, 1.165) is 34.3 Å². The third kappa shape index (κ3) is 5.03. The molecule has 2 heterocycles. The number of likely N-dealkylation sites (tertiary alicyclic amines) is 1. The number of hydrogen-bond acceptors (Lipinski definition) is 6. The van der Waals surface area contributed by atoms with Gasteiger partial charge in [0.15, 0.2) is 0 Å². The predicted molar refractivity (Wildman–Crippen MR) is 124 cm³/mol. The Hall–Kier alpha value is -2.97. The lowest BCUT2D eigenvalue weighted by atomic mass is 9.96. The van der Waals surface area contributed by atoms with Gasteiger partial charge in [0.2, 0.25) is 11.8 Å². The number of rotatable bonds is 7. The molecule has 3 aromatic rings. The van der Waals surface area contributed by atoms with Gasteiger partial charge in [-0.2, -0.15) is 4.37 Å². The van der Waals surface area contributed by atoms with Crippen LogP contribution in [0.4, 0.5) is 5.82 Å². The van der Waals surface area contributed by atoms with E-state index in [-0.39, 0.29) is 17.7 Å². The molecule has 1 aromatic heterocycles. The van der Waals surface area contributed by atoms with Crippen molar-refractivity contribution in [2.45, 2.75) is 18.9 Å². The van der Waals surface area contributed by atoms with Crippen molar-refractivity contribution in [3.63, 3.8) is 0 Å². The van der Waals surface area contributed by atoms with Gasteiger partial charge in [0, 0.05) is 31.6 Å². The Labute approximate surface area is 185 Å². The molecule has 1 aliphatic rings. The molecule has 0 radical (unpaired) electrons. The van der Waals surface area contributed by atoms with Crippen LogP contribution in [-0.4, -0.2) is 47.3 Å². The highest BCUT2D eigenvalue weighted by Gasteiger charge is 2.30. The maximum atomic E-state index is 12.8. The molecule has 1 unspecified atom stereocenters. The summed E-state index contributed by atoms with van der Waals surface area (Å²) in [5, 5.41) is 7.37. The van der Waals surface area contributed by atoms with Crippen molar-refractivity contribution in [1.29, 1.82) is 0 Å². The Morgan fingerprint density at radius 2 is 1.90 bits per heavy atom. The Kier molecular flexibility index (Phi) is 6.79. The zero-order chi connectivity index (χ0) is 21.6. The lowest BCUT2D eigenvalue weighted by molar-refractivity contribution is -0.137. The van der Waals surface area contributed by atoms with Crippen molar-refractivity contribution in [2.24, 2.45) is 11.7 Å². The first-order chi connectivity index (χ1) is 15.1. The molecular formula is C23H27N5O2S. The summed E-state index contributed by atoms with van der Waals surface area (Å²) in [5.41, 5.74) is 6.96. The molecule has 1 saturated heterocycles. The number of aromatic nitrogens is 1. The fourth-order valence-electron chi connectivity index (χ4n) is 3.92. The first-order valence-corrected chi connectivity index (χ1v) is 11.4. The van der Waals surface area contributed by atoms with E-state index in [9.17, 15) is 9.59 Å². The number of nitrogens with zero attached hydrogens (tertiary/aromatic N) is 2. The number of benzene rings is 2. The summed E-state index contributed by atoms with van der Waals surface area (Å²) in [6, 6.07) is 16.7. The maximum Gasteiger partial charge on any atom is 0.244 e. The van der Waals surface area contributed by atoms with Crippen LogP contribution in [0.15, 0.2) is 54.6 Å². The molecule has 4 N–H and O–H groups in total. The second-order valence-electron chi connectivity index (χ2n) is 7.76. The second-order valence-corrected chi connectivity index (χ2v) is 8.56. The highest BCUT2D eigenvalue weighted by molar-refractivity contribution is 7.13. The quantitative estimate of drug-likeness (QED) is 0.494. The normalized spacial score (nSPS) is 17.3. The van der Waals surface area contributed by atoms with Gasteiger partial charge in [-0.3, -0.25) is 9.59 Å².